The maximum atomic E-state index is 13.0. The van der Waals surface area contributed by atoms with Crippen LogP contribution < -0.4 is 0 Å². The Kier molecular flexibility index (Phi) is 4.50. The maximum absolute atomic E-state index is 13.0. The molecule has 1 saturated heterocycles. The molecule has 118 valence electrons. The fraction of sp³-hybridized carbons (Fsp3) is 0.444. The van der Waals surface area contributed by atoms with Crippen molar-refractivity contribution < 1.29 is 8.42 Å². The first-order valence-electron chi connectivity index (χ1n) is 8.15. The van der Waals surface area contributed by atoms with E-state index in [1.807, 2.05) is 24.3 Å². The second-order valence-corrected chi connectivity index (χ2v) is 7.88. The van der Waals surface area contributed by atoms with Gasteiger partial charge in [0.25, 0.3) is 0 Å². The Morgan fingerprint density at radius 3 is 2.50 bits per heavy atom. The monoisotopic (exact) mass is 317 g/mol. The van der Waals surface area contributed by atoms with Crippen LogP contribution in [0.25, 0.3) is 10.8 Å². The van der Waals surface area contributed by atoms with E-state index in [4.69, 9.17) is 0 Å². The van der Waals surface area contributed by atoms with Crippen molar-refractivity contribution in [3.63, 3.8) is 0 Å². The third kappa shape index (κ3) is 2.77. The van der Waals surface area contributed by atoms with Crippen LogP contribution in [0.5, 0.6) is 0 Å². The van der Waals surface area contributed by atoms with E-state index in [9.17, 15) is 8.42 Å². The summed E-state index contributed by atoms with van der Waals surface area (Å²) in [5.41, 5.74) is 0.992. The van der Waals surface area contributed by atoms with Crippen molar-refractivity contribution in [2.24, 2.45) is 0 Å². The minimum absolute atomic E-state index is 0.515. The molecule has 2 aromatic carbocycles. The van der Waals surface area contributed by atoms with Crippen LogP contribution in [0.15, 0.2) is 41.3 Å². The number of benzene rings is 2. The quantitative estimate of drug-likeness (QED) is 0.837. The molecule has 0 atom stereocenters. The van der Waals surface area contributed by atoms with E-state index in [1.165, 1.54) is 0 Å². The van der Waals surface area contributed by atoms with Crippen LogP contribution in [0.2, 0.25) is 0 Å². The SMILES string of the molecule is CCCCc1c(S(=O)(=O)N2CCCC2)ccc2ccccc12. The molecule has 0 aromatic heterocycles. The molecule has 0 unspecified atom stereocenters. The Bertz CT molecular complexity index is 762. The topological polar surface area (TPSA) is 37.4 Å². The molecule has 0 saturated carbocycles. The molecule has 1 aliphatic rings. The number of nitrogens with zero attached hydrogens (tertiary/aromatic N) is 1. The van der Waals surface area contributed by atoms with Crippen LogP contribution in [0.3, 0.4) is 0 Å². The average Bonchev–Trinajstić information content (AvgIpc) is 3.07. The molecule has 2 aromatic rings. The number of unbranched alkanes of at least 4 members (excludes halogenated alkanes) is 1. The third-order valence-electron chi connectivity index (χ3n) is 4.46. The first-order chi connectivity index (χ1) is 10.6. The summed E-state index contributed by atoms with van der Waals surface area (Å²) < 4.78 is 27.6. The summed E-state index contributed by atoms with van der Waals surface area (Å²) in [4.78, 5) is 0.515. The highest BCUT2D eigenvalue weighted by Gasteiger charge is 2.29. The molecule has 1 fully saturated rings. The largest absolute Gasteiger partial charge is 0.243 e. The van der Waals surface area contributed by atoms with Crippen LogP contribution in [0, 0.1) is 0 Å². The van der Waals surface area contributed by atoms with Gasteiger partial charge in [0.2, 0.25) is 10.0 Å². The number of hydrogen-bond acceptors (Lipinski definition) is 2. The molecule has 1 heterocycles. The summed E-state index contributed by atoms with van der Waals surface area (Å²) in [7, 11) is -3.36. The lowest BCUT2D eigenvalue weighted by Crippen LogP contribution is -2.28. The van der Waals surface area contributed by atoms with Gasteiger partial charge < -0.3 is 0 Å². The molecule has 0 radical (unpaired) electrons. The van der Waals surface area contributed by atoms with Gasteiger partial charge in [0.15, 0.2) is 0 Å². The molecule has 3 rings (SSSR count). The van der Waals surface area contributed by atoms with E-state index in [2.05, 4.69) is 13.0 Å². The van der Waals surface area contributed by atoms with Gasteiger partial charge in [0.1, 0.15) is 0 Å². The molecule has 0 spiro atoms. The Morgan fingerprint density at radius 1 is 1.05 bits per heavy atom. The lowest BCUT2D eigenvalue weighted by Gasteiger charge is -2.19. The summed E-state index contributed by atoms with van der Waals surface area (Å²) >= 11 is 0. The van der Waals surface area contributed by atoms with Crippen molar-refractivity contribution in [1.82, 2.24) is 4.31 Å². The lowest BCUT2D eigenvalue weighted by molar-refractivity contribution is 0.476. The predicted molar refractivity (Wildman–Crippen MR) is 90.6 cm³/mol. The average molecular weight is 317 g/mol. The zero-order chi connectivity index (χ0) is 15.6. The first-order valence-corrected chi connectivity index (χ1v) is 9.59. The zero-order valence-electron chi connectivity index (χ0n) is 13.1. The van der Waals surface area contributed by atoms with Gasteiger partial charge in [0, 0.05) is 13.1 Å². The van der Waals surface area contributed by atoms with E-state index < -0.39 is 10.0 Å². The Hall–Kier alpha value is -1.39. The van der Waals surface area contributed by atoms with Crippen molar-refractivity contribution in [1.29, 1.82) is 0 Å². The van der Waals surface area contributed by atoms with E-state index >= 15 is 0 Å². The second kappa shape index (κ2) is 6.39. The highest BCUT2D eigenvalue weighted by molar-refractivity contribution is 7.89. The van der Waals surface area contributed by atoms with Crippen LogP contribution in [0.4, 0.5) is 0 Å². The standard InChI is InChI=1S/C18H23NO2S/c1-2-3-9-17-16-10-5-4-8-15(16)11-12-18(17)22(20,21)19-13-6-7-14-19/h4-5,8,10-12H,2-3,6-7,9,13-14H2,1H3. The van der Waals surface area contributed by atoms with E-state index in [0.29, 0.717) is 18.0 Å². The number of hydrogen-bond donors (Lipinski definition) is 0. The minimum Gasteiger partial charge on any atom is -0.207 e. The number of sulfonamides is 1. The summed E-state index contributed by atoms with van der Waals surface area (Å²) in [6.45, 7) is 3.45. The molecule has 4 heteroatoms. The molecule has 0 aliphatic carbocycles. The van der Waals surface area contributed by atoms with Gasteiger partial charge in [-0.05, 0) is 48.1 Å². The Morgan fingerprint density at radius 2 is 1.77 bits per heavy atom. The van der Waals surface area contributed by atoms with E-state index in [1.54, 1.807) is 10.4 Å². The molecule has 0 N–H and O–H groups in total. The van der Waals surface area contributed by atoms with Gasteiger partial charge in [0.05, 0.1) is 4.90 Å². The first kappa shape index (κ1) is 15.5. The van der Waals surface area contributed by atoms with Crippen LogP contribution in [0.1, 0.15) is 38.2 Å². The fourth-order valence-electron chi connectivity index (χ4n) is 3.24. The van der Waals surface area contributed by atoms with Gasteiger partial charge in [-0.2, -0.15) is 4.31 Å². The predicted octanol–water partition coefficient (Wildman–Crippen LogP) is 3.97. The lowest BCUT2D eigenvalue weighted by atomic mass is 10.0. The molecular formula is C18H23NO2S. The molecule has 0 amide bonds. The molecule has 3 nitrogen and oxygen atoms in total. The summed E-state index contributed by atoms with van der Waals surface area (Å²) in [5.74, 6) is 0. The van der Waals surface area contributed by atoms with E-state index in [-0.39, 0.29) is 0 Å². The Balaban J connectivity index is 2.15. The summed E-state index contributed by atoms with van der Waals surface area (Å²) in [6, 6.07) is 11.8. The number of rotatable bonds is 5. The molecule has 1 aliphatic heterocycles. The van der Waals surface area contributed by atoms with Crippen molar-refractivity contribution in [3.05, 3.63) is 42.0 Å². The maximum Gasteiger partial charge on any atom is 0.243 e. The number of aryl methyl sites for hydroxylation is 1. The fourth-order valence-corrected chi connectivity index (χ4v) is 5.02. The van der Waals surface area contributed by atoms with Gasteiger partial charge >= 0.3 is 0 Å². The molecule has 22 heavy (non-hydrogen) atoms. The van der Waals surface area contributed by atoms with Gasteiger partial charge in [-0.15, -0.1) is 0 Å². The van der Waals surface area contributed by atoms with E-state index in [0.717, 1.165) is 48.4 Å². The van der Waals surface area contributed by atoms with Gasteiger partial charge in [-0.3, -0.25) is 0 Å². The van der Waals surface area contributed by atoms with Crippen molar-refractivity contribution >= 4 is 20.8 Å². The zero-order valence-corrected chi connectivity index (χ0v) is 13.9. The van der Waals surface area contributed by atoms with Gasteiger partial charge in [-0.1, -0.05) is 43.7 Å². The smallest absolute Gasteiger partial charge is 0.207 e. The minimum atomic E-state index is -3.36. The van der Waals surface area contributed by atoms with Crippen LogP contribution in [-0.4, -0.2) is 25.8 Å². The normalized spacial score (nSPS) is 16.4. The summed E-state index contributed by atoms with van der Waals surface area (Å²) in [6.07, 6.45) is 4.83. The van der Waals surface area contributed by atoms with Crippen molar-refractivity contribution in [2.45, 2.75) is 43.9 Å². The van der Waals surface area contributed by atoms with Crippen molar-refractivity contribution in [2.75, 3.05) is 13.1 Å². The highest BCUT2D eigenvalue weighted by Crippen LogP contribution is 2.30. The highest BCUT2D eigenvalue weighted by atomic mass is 32.2. The van der Waals surface area contributed by atoms with Crippen LogP contribution in [-0.2, 0) is 16.4 Å². The van der Waals surface area contributed by atoms with Crippen LogP contribution >= 0.6 is 0 Å². The Labute approximate surface area is 133 Å². The third-order valence-corrected chi connectivity index (χ3v) is 6.44. The van der Waals surface area contributed by atoms with Crippen molar-refractivity contribution in [3.8, 4) is 0 Å². The summed E-state index contributed by atoms with van der Waals surface area (Å²) in [5, 5.41) is 2.20. The molecule has 0 bridgehead atoms. The molecular weight excluding hydrogens is 294 g/mol. The van der Waals surface area contributed by atoms with Gasteiger partial charge in [-0.25, -0.2) is 8.42 Å². The second-order valence-electron chi connectivity index (χ2n) is 5.98. The number of fused-ring (bicyclic) bond motifs is 1.